The second-order valence-corrected chi connectivity index (χ2v) is 7.80. The van der Waals surface area contributed by atoms with Gasteiger partial charge >= 0.3 is 0 Å². The van der Waals surface area contributed by atoms with Crippen LogP contribution in [0.4, 0.5) is 5.69 Å². The third-order valence-electron chi connectivity index (χ3n) is 6.02. The molecular weight excluding hydrogens is 296 g/mol. The van der Waals surface area contributed by atoms with E-state index in [1.54, 1.807) is 0 Å². The summed E-state index contributed by atoms with van der Waals surface area (Å²) in [5.74, 6) is 1.38. The molecule has 4 heteroatoms. The zero-order valence-electron chi connectivity index (χ0n) is 14.2. The molecule has 24 heavy (non-hydrogen) atoms. The second kappa shape index (κ2) is 5.62. The van der Waals surface area contributed by atoms with Gasteiger partial charge in [0.25, 0.3) is 0 Å². The van der Waals surface area contributed by atoms with Crippen LogP contribution < -0.4 is 10.6 Å². The SMILES string of the molecule is NCC1CC(n2cc(-c3cccc(N4CCC4)c3)c(C3CC3)n2)C1. The quantitative estimate of drug-likeness (QED) is 0.916. The summed E-state index contributed by atoms with van der Waals surface area (Å²) >= 11 is 0. The molecule has 4 nitrogen and oxygen atoms in total. The predicted molar refractivity (Wildman–Crippen MR) is 97.3 cm³/mol. The third kappa shape index (κ3) is 2.44. The van der Waals surface area contributed by atoms with Crippen molar-refractivity contribution in [3.63, 3.8) is 0 Å². The fourth-order valence-corrected chi connectivity index (χ4v) is 4.03. The van der Waals surface area contributed by atoms with Gasteiger partial charge in [-0.15, -0.1) is 0 Å². The smallest absolute Gasteiger partial charge is 0.0733 e. The van der Waals surface area contributed by atoms with E-state index >= 15 is 0 Å². The Balaban J connectivity index is 1.47. The zero-order valence-corrected chi connectivity index (χ0v) is 14.2. The van der Waals surface area contributed by atoms with Crippen LogP contribution in [0, 0.1) is 5.92 Å². The van der Waals surface area contributed by atoms with E-state index in [1.165, 1.54) is 67.7 Å². The lowest BCUT2D eigenvalue weighted by Crippen LogP contribution is -2.36. The first-order valence-corrected chi connectivity index (χ1v) is 9.46. The number of anilines is 1. The van der Waals surface area contributed by atoms with Gasteiger partial charge in [0.05, 0.1) is 11.7 Å². The maximum Gasteiger partial charge on any atom is 0.0733 e. The number of rotatable bonds is 5. The van der Waals surface area contributed by atoms with Crippen LogP contribution in [0.25, 0.3) is 11.1 Å². The highest BCUT2D eigenvalue weighted by molar-refractivity contribution is 5.71. The molecule has 1 aromatic carbocycles. The molecule has 5 rings (SSSR count). The summed E-state index contributed by atoms with van der Waals surface area (Å²) in [5.41, 5.74) is 11.2. The molecule has 2 heterocycles. The van der Waals surface area contributed by atoms with Crippen LogP contribution in [-0.4, -0.2) is 29.4 Å². The van der Waals surface area contributed by atoms with Gasteiger partial charge in [-0.05, 0) is 62.3 Å². The summed E-state index contributed by atoms with van der Waals surface area (Å²) in [7, 11) is 0. The van der Waals surface area contributed by atoms with Crippen LogP contribution in [0.2, 0.25) is 0 Å². The van der Waals surface area contributed by atoms with Crippen LogP contribution in [0.3, 0.4) is 0 Å². The Labute approximate surface area is 143 Å². The molecule has 0 bridgehead atoms. The molecule has 0 atom stereocenters. The van der Waals surface area contributed by atoms with Crippen LogP contribution in [0.15, 0.2) is 30.5 Å². The van der Waals surface area contributed by atoms with E-state index in [9.17, 15) is 0 Å². The molecule has 1 aliphatic heterocycles. The zero-order chi connectivity index (χ0) is 16.1. The Kier molecular flexibility index (Phi) is 3.40. The van der Waals surface area contributed by atoms with E-state index in [-0.39, 0.29) is 0 Å². The van der Waals surface area contributed by atoms with Crippen molar-refractivity contribution in [3.8, 4) is 11.1 Å². The fraction of sp³-hybridized carbons (Fsp3) is 0.550. The lowest BCUT2D eigenvalue weighted by atomic mass is 9.80. The average Bonchev–Trinajstić information content (AvgIpc) is 3.25. The first-order valence-electron chi connectivity index (χ1n) is 9.46. The number of hydrogen-bond acceptors (Lipinski definition) is 3. The van der Waals surface area contributed by atoms with Crippen LogP contribution in [-0.2, 0) is 0 Å². The molecule has 0 unspecified atom stereocenters. The van der Waals surface area contributed by atoms with E-state index < -0.39 is 0 Å². The van der Waals surface area contributed by atoms with Gasteiger partial charge < -0.3 is 10.6 Å². The second-order valence-electron chi connectivity index (χ2n) is 7.80. The number of hydrogen-bond donors (Lipinski definition) is 1. The number of nitrogens with two attached hydrogens (primary N) is 1. The monoisotopic (exact) mass is 322 g/mol. The fourth-order valence-electron chi connectivity index (χ4n) is 4.03. The van der Waals surface area contributed by atoms with E-state index in [0.717, 1.165) is 6.54 Å². The van der Waals surface area contributed by atoms with Gasteiger partial charge in [0.15, 0.2) is 0 Å². The number of aromatic nitrogens is 2. The topological polar surface area (TPSA) is 47.1 Å². The Hall–Kier alpha value is -1.81. The minimum Gasteiger partial charge on any atom is -0.371 e. The summed E-state index contributed by atoms with van der Waals surface area (Å²) in [6.07, 6.45) is 8.60. The minimum atomic E-state index is 0.559. The number of benzene rings is 1. The predicted octanol–water partition coefficient (Wildman–Crippen LogP) is 3.55. The van der Waals surface area contributed by atoms with Crippen molar-refractivity contribution in [1.29, 1.82) is 0 Å². The van der Waals surface area contributed by atoms with E-state index in [0.29, 0.717) is 17.9 Å². The van der Waals surface area contributed by atoms with Gasteiger partial charge in [0, 0.05) is 36.5 Å². The molecule has 3 fully saturated rings. The highest BCUT2D eigenvalue weighted by atomic mass is 15.3. The average molecular weight is 322 g/mol. The minimum absolute atomic E-state index is 0.559. The van der Waals surface area contributed by atoms with E-state index in [1.807, 2.05) is 0 Å². The lowest BCUT2D eigenvalue weighted by Gasteiger charge is -2.34. The Morgan fingerprint density at radius 3 is 2.67 bits per heavy atom. The van der Waals surface area contributed by atoms with Crippen LogP contribution in [0.5, 0.6) is 0 Å². The van der Waals surface area contributed by atoms with Crippen molar-refractivity contribution >= 4 is 5.69 Å². The van der Waals surface area contributed by atoms with Gasteiger partial charge in [-0.1, -0.05) is 12.1 Å². The number of nitrogens with zero attached hydrogens (tertiary/aromatic N) is 3. The first-order chi connectivity index (χ1) is 11.8. The van der Waals surface area contributed by atoms with Crippen LogP contribution in [0.1, 0.15) is 49.8 Å². The lowest BCUT2D eigenvalue weighted by molar-refractivity contribution is 0.189. The molecule has 126 valence electrons. The Morgan fingerprint density at radius 1 is 1.17 bits per heavy atom. The van der Waals surface area contributed by atoms with Crippen molar-refractivity contribution in [2.45, 2.75) is 44.1 Å². The molecule has 3 aliphatic rings. The highest BCUT2D eigenvalue weighted by Crippen LogP contribution is 2.46. The van der Waals surface area contributed by atoms with Crippen molar-refractivity contribution in [3.05, 3.63) is 36.2 Å². The van der Waals surface area contributed by atoms with Crippen molar-refractivity contribution in [1.82, 2.24) is 9.78 Å². The normalized spacial score (nSPS) is 26.1. The molecule has 1 saturated heterocycles. The highest BCUT2D eigenvalue weighted by Gasteiger charge is 2.34. The standard InChI is InChI=1S/C20H26N4/c21-12-14-9-18(10-14)24-13-19(20(22-24)15-5-6-15)16-3-1-4-17(11-16)23-7-2-8-23/h1,3-4,11,13-15,18H,2,5-10,12,21H2. The van der Waals surface area contributed by atoms with Crippen molar-refractivity contribution in [2.75, 3.05) is 24.5 Å². The third-order valence-corrected chi connectivity index (χ3v) is 6.02. The molecule has 2 aliphatic carbocycles. The molecular formula is C20H26N4. The van der Waals surface area contributed by atoms with E-state index in [2.05, 4.69) is 40.0 Å². The summed E-state index contributed by atoms with van der Waals surface area (Å²) in [4.78, 5) is 2.46. The molecule has 1 aromatic heterocycles. The molecule has 0 amide bonds. The van der Waals surface area contributed by atoms with Gasteiger partial charge in [-0.3, -0.25) is 4.68 Å². The Morgan fingerprint density at radius 2 is 2.00 bits per heavy atom. The Bertz CT molecular complexity index is 736. The molecule has 2 N–H and O–H groups in total. The maximum atomic E-state index is 5.79. The van der Waals surface area contributed by atoms with Gasteiger partial charge in [0.1, 0.15) is 0 Å². The van der Waals surface area contributed by atoms with Crippen LogP contribution >= 0.6 is 0 Å². The maximum absolute atomic E-state index is 5.79. The summed E-state index contributed by atoms with van der Waals surface area (Å²) < 4.78 is 2.24. The summed E-state index contributed by atoms with van der Waals surface area (Å²) in [6.45, 7) is 3.21. The largest absolute Gasteiger partial charge is 0.371 e. The summed E-state index contributed by atoms with van der Waals surface area (Å²) in [6, 6.07) is 9.60. The summed E-state index contributed by atoms with van der Waals surface area (Å²) in [5, 5.41) is 5.01. The van der Waals surface area contributed by atoms with Gasteiger partial charge in [0.2, 0.25) is 0 Å². The molecule has 0 radical (unpaired) electrons. The van der Waals surface area contributed by atoms with Gasteiger partial charge in [-0.2, -0.15) is 5.10 Å². The van der Waals surface area contributed by atoms with Crippen molar-refractivity contribution in [2.24, 2.45) is 11.7 Å². The molecule has 2 saturated carbocycles. The molecule has 2 aromatic rings. The van der Waals surface area contributed by atoms with E-state index in [4.69, 9.17) is 10.8 Å². The van der Waals surface area contributed by atoms with Gasteiger partial charge in [-0.25, -0.2) is 0 Å². The first kappa shape index (κ1) is 14.5. The molecule has 0 spiro atoms. The van der Waals surface area contributed by atoms with Crippen molar-refractivity contribution < 1.29 is 0 Å².